The Hall–Kier alpha value is -3.89. The fourth-order valence-electron chi connectivity index (χ4n) is 3.13. The first kappa shape index (κ1) is 24.7. The molecule has 0 aliphatic carbocycles. The molecule has 0 fully saturated rings. The van der Waals surface area contributed by atoms with Crippen LogP contribution in [0.25, 0.3) is 11.4 Å². The predicted molar refractivity (Wildman–Crippen MR) is 116 cm³/mol. The van der Waals surface area contributed by atoms with E-state index in [9.17, 15) is 22.8 Å². The zero-order chi connectivity index (χ0) is 24.7. The van der Waals surface area contributed by atoms with Gasteiger partial charge in [0.25, 0.3) is 0 Å². The number of anilines is 1. The Morgan fingerprint density at radius 1 is 1.09 bits per heavy atom. The van der Waals surface area contributed by atoms with E-state index in [0.717, 1.165) is 11.6 Å². The third-order valence-electron chi connectivity index (χ3n) is 4.86. The van der Waals surface area contributed by atoms with Crippen molar-refractivity contribution in [3.05, 3.63) is 59.7 Å². The number of nitrogens with one attached hydrogen (secondary N) is 1. The van der Waals surface area contributed by atoms with E-state index in [-0.39, 0.29) is 37.7 Å². The van der Waals surface area contributed by atoms with Gasteiger partial charge in [-0.25, -0.2) is 13.2 Å². The van der Waals surface area contributed by atoms with Crippen LogP contribution in [0.4, 0.5) is 18.9 Å². The lowest BCUT2D eigenvalue weighted by atomic mass is 10.2. The summed E-state index contributed by atoms with van der Waals surface area (Å²) in [6.45, 7) is 1.71. The number of ether oxygens (including phenoxy) is 1. The van der Waals surface area contributed by atoms with Crippen LogP contribution < -0.4 is 10.1 Å². The van der Waals surface area contributed by atoms with Crippen molar-refractivity contribution < 1.29 is 32.0 Å². The van der Waals surface area contributed by atoms with E-state index >= 15 is 0 Å². The summed E-state index contributed by atoms with van der Waals surface area (Å²) < 4.78 is 50.5. The van der Waals surface area contributed by atoms with Gasteiger partial charge in [0.15, 0.2) is 17.5 Å². The number of amides is 2. The molecule has 180 valence electrons. The molecule has 8 nitrogen and oxygen atoms in total. The molecule has 0 aliphatic rings. The number of methoxy groups -OCH3 is 1. The van der Waals surface area contributed by atoms with E-state index in [0.29, 0.717) is 24.1 Å². The van der Waals surface area contributed by atoms with Gasteiger partial charge in [-0.15, -0.1) is 0 Å². The molecule has 0 unspecified atom stereocenters. The normalized spacial score (nSPS) is 10.7. The van der Waals surface area contributed by atoms with Crippen LogP contribution in [0.15, 0.2) is 40.9 Å². The van der Waals surface area contributed by atoms with Crippen molar-refractivity contribution in [2.45, 2.75) is 26.2 Å². The highest BCUT2D eigenvalue weighted by Crippen LogP contribution is 2.21. The van der Waals surface area contributed by atoms with Crippen LogP contribution in [0, 0.1) is 17.5 Å². The number of aromatic nitrogens is 2. The number of hydrogen-bond donors (Lipinski definition) is 1. The maximum Gasteiger partial charge on any atom is 0.244 e. The number of hydrogen-bond acceptors (Lipinski definition) is 6. The number of rotatable bonds is 10. The molecule has 0 aliphatic heterocycles. The van der Waals surface area contributed by atoms with Crippen molar-refractivity contribution in [3.63, 3.8) is 0 Å². The highest BCUT2D eigenvalue weighted by Gasteiger charge is 2.20. The molecular formula is C23H23F3N4O4. The monoisotopic (exact) mass is 476 g/mol. The Balaban J connectivity index is 1.58. The van der Waals surface area contributed by atoms with Crippen molar-refractivity contribution in [2.24, 2.45) is 0 Å². The SMILES string of the molecule is CCCN(CC(=O)Nc1ccc(F)c(F)c1F)C(=O)CCc1nc(-c2ccc(OC)cc2)no1. The smallest absolute Gasteiger partial charge is 0.244 e. The van der Waals surface area contributed by atoms with Gasteiger partial charge >= 0.3 is 0 Å². The first-order valence-electron chi connectivity index (χ1n) is 10.5. The quantitative estimate of drug-likeness (QED) is 0.445. The molecule has 1 N–H and O–H groups in total. The van der Waals surface area contributed by atoms with Crippen LogP contribution in [0.1, 0.15) is 25.7 Å². The molecule has 11 heteroatoms. The molecule has 3 aromatic rings. The molecular weight excluding hydrogens is 453 g/mol. The summed E-state index contributed by atoms with van der Waals surface area (Å²) >= 11 is 0. The van der Waals surface area contributed by atoms with Crippen molar-refractivity contribution in [2.75, 3.05) is 25.5 Å². The number of carbonyl (C=O) groups excluding carboxylic acids is 2. The van der Waals surface area contributed by atoms with Gasteiger partial charge in [-0.05, 0) is 42.8 Å². The molecule has 0 spiro atoms. The average Bonchev–Trinajstić information content (AvgIpc) is 3.32. The second-order valence-corrected chi connectivity index (χ2v) is 7.33. The highest BCUT2D eigenvalue weighted by atomic mass is 19.2. The zero-order valence-electron chi connectivity index (χ0n) is 18.6. The van der Waals surface area contributed by atoms with Crippen molar-refractivity contribution >= 4 is 17.5 Å². The summed E-state index contributed by atoms with van der Waals surface area (Å²) in [6.07, 6.45) is 0.722. The number of benzene rings is 2. The minimum atomic E-state index is -1.69. The fraction of sp³-hybridized carbons (Fsp3) is 0.304. The summed E-state index contributed by atoms with van der Waals surface area (Å²) in [5.74, 6) is -4.36. The van der Waals surface area contributed by atoms with Gasteiger partial charge in [-0.3, -0.25) is 9.59 Å². The Morgan fingerprint density at radius 3 is 2.50 bits per heavy atom. The average molecular weight is 476 g/mol. The molecule has 2 aromatic carbocycles. The summed E-state index contributed by atoms with van der Waals surface area (Å²) in [5, 5.41) is 6.07. The predicted octanol–water partition coefficient (Wildman–Crippen LogP) is 3.97. The zero-order valence-corrected chi connectivity index (χ0v) is 18.6. The summed E-state index contributed by atoms with van der Waals surface area (Å²) in [7, 11) is 1.56. The van der Waals surface area contributed by atoms with Crippen LogP contribution in [0.3, 0.4) is 0 Å². The Kier molecular flexibility index (Phi) is 8.23. The Bertz CT molecular complexity index is 1150. The first-order valence-corrected chi connectivity index (χ1v) is 10.5. The van der Waals surface area contributed by atoms with Gasteiger partial charge in [0.1, 0.15) is 5.75 Å². The number of halogens is 3. The van der Waals surface area contributed by atoms with Crippen molar-refractivity contribution in [1.29, 1.82) is 0 Å². The van der Waals surface area contributed by atoms with E-state index in [1.165, 1.54) is 4.90 Å². The Labute approximate surface area is 193 Å². The van der Waals surface area contributed by atoms with Gasteiger partial charge in [0.05, 0.1) is 19.3 Å². The number of aryl methyl sites for hydroxylation is 1. The van der Waals surface area contributed by atoms with Gasteiger partial charge in [-0.1, -0.05) is 12.1 Å². The van der Waals surface area contributed by atoms with E-state index in [1.54, 1.807) is 31.4 Å². The van der Waals surface area contributed by atoms with E-state index in [2.05, 4.69) is 15.5 Å². The molecule has 0 bridgehead atoms. The summed E-state index contributed by atoms with van der Waals surface area (Å²) in [6, 6.07) is 8.68. The van der Waals surface area contributed by atoms with Gasteiger partial charge in [0.2, 0.25) is 23.5 Å². The standard InChI is InChI=1S/C23H23F3N4O4/c1-3-12-30(13-18(31)27-17-9-8-16(24)21(25)22(17)26)20(32)11-10-19-28-23(29-34-19)14-4-6-15(33-2)7-5-14/h4-9H,3,10-13H2,1-2H3,(H,27,31). The van der Waals surface area contributed by atoms with Crippen molar-refractivity contribution in [3.8, 4) is 17.1 Å². The topological polar surface area (TPSA) is 97.6 Å². The third-order valence-corrected chi connectivity index (χ3v) is 4.86. The third kappa shape index (κ3) is 6.12. The molecule has 0 radical (unpaired) electrons. The van der Waals surface area contributed by atoms with Crippen LogP contribution in [0.2, 0.25) is 0 Å². The van der Waals surface area contributed by atoms with Crippen LogP contribution >= 0.6 is 0 Å². The first-order chi connectivity index (χ1) is 16.3. The molecule has 1 aromatic heterocycles. The maximum atomic E-state index is 13.8. The van der Waals surface area contributed by atoms with E-state index < -0.39 is 29.0 Å². The molecule has 2 amide bonds. The molecule has 1 heterocycles. The highest BCUT2D eigenvalue weighted by molar-refractivity contribution is 5.94. The van der Waals surface area contributed by atoms with Gasteiger partial charge < -0.3 is 19.5 Å². The fourth-order valence-corrected chi connectivity index (χ4v) is 3.13. The van der Waals surface area contributed by atoms with Gasteiger partial charge in [0, 0.05) is 24.9 Å². The lowest BCUT2D eigenvalue weighted by Gasteiger charge is -2.21. The number of nitrogens with zero attached hydrogens (tertiary/aromatic N) is 3. The van der Waals surface area contributed by atoms with Crippen LogP contribution in [-0.2, 0) is 16.0 Å². The summed E-state index contributed by atoms with van der Waals surface area (Å²) in [4.78, 5) is 30.5. The van der Waals surface area contributed by atoms with Gasteiger partial charge in [-0.2, -0.15) is 4.98 Å². The Morgan fingerprint density at radius 2 is 1.82 bits per heavy atom. The van der Waals surface area contributed by atoms with Crippen LogP contribution in [0.5, 0.6) is 5.75 Å². The molecule has 0 saturated carbocycles. The molecule has 3 rings (SSSR count). The number of carbonyl (C=O) groups is 2. The van der Waals surface area contributed by atoms with Crippen molar-refractivity contribution in [1.82, 2.24) is 15.0 Å². The van der Waals surface area contributed by atoms with E-state index in [1.807, 2.05) is 6.92 Å². The molecule has 0 atom stereocenters. The van der Waals surface area contributed by atoms with Crippen LogP contribution in [-0.4, -0.2) is 47.1 Å². The maximum absolute atomic E-state index is 13.8. The van der Waals surface area contributed by atoms with E-state index in [4.69, 9.17) is 9.26 Å². The second-order valence-electron chi connectivity index (χ2n) is 7.33. The molecule has 0 saturated heterocycles. The molecule has 34 heavy (non-hydrogen) atoms. The minimum absolute atomic E-state index is 0.00291. The largest absolute Gasteiger partial charge is 0.497 e. The lowest BCUT2D eigenvalue weighted by Crippen LogP contribution is -2.38. The second kappa shape index (κ2) is 11.3. The lowest BCUT2D eigenvalue weighted by molar-refractivity contribution is -0.134. The minimum Gasteiger partial charge on any atom is -0.497 e. The summed E-state index contributed by atoms with van der Waals surface area (Å²) in [5.41, 5.74) is 0.209.